The van der Waals surface area contributed by atoms with Crippen molar-refractivity contribution in [3.63, 3.8) is 0 Å². The zero-order valence-electron chi connectivity index (χ0n) is 16.0. The number of alkyl halides is 2. The van der Waals surface area contributed by atoms with Crippen LogP contribution in [0.1, 0.15) is 38.8 Å². The quantitative estimate of drug-likeness (QED) is 0.314. The van der Waals surface area contributed by atoms with Gasteiger partial charge in [-0.15, -0.1) is 0 Å². The lowest BCUT2D eigenvalue weighted by Gasteiger charge is -2.24. The summed E-state index contributed by atoms with van der Waals surface area (Å²) in [6, 6.07) is 8.04. The second-order valence-electron chi connectivity index (χ2n) is 7.36. The van der Waals surface area contributed by atoms with Gasteiger partial charge in [-0.05, 0) is 55.7 Å². The van der Waals surface area contributed by atoms with Gasteiger partial charge < -0.3 is 9.63 Å². The van der Waals surface area contributed by atoms with Crippen molar-refractivity contribution in [2.45, 2.75) is 39.8 Å². The number of carbonyl (C=O) groups is 1. The van der Waals surface area contributed by atoms with Crippen LogP contribution in [0.3, 0.4) is 0 Å². The predicted molar refractivity (Wildman–Crippen MR) is 106 cm³/mol. The Bertz CT molecular complexity index is 940. The molecule has 0 amide bonds. The van der Waals surface area contributed by atoms with Crippen molar-refractivity contribution < 1.29 is 32.3 Å². The number of aryl methyl sites for hydroxylation is 1. The van der Waals surface area contributed by atoms with Gasteiger partial charge in [-0.3, -0.25) is 13.9 Å². The summed E-state index contributed by atoms with van der Waals surface area (Å²) < 4.78 is 51.0. The van der Waals surface area contributed by atoms with Gasteiger partial charge in [-0.1, -0.05) is 41.1 Å². The Balaban J connectivity index is 2.32. The first-order valence-electron chi connectivity index (χ1n) is 8.54. The van der Waals surface area contributed by atoms with Crippen molar-refractivity contribution in [2.75, 3.05) is 6.79 Å². The van der Waals surface area contributed by atoms with E-state index < -0.39 is 37.0 Å². The van der Waals surface area contributed by atoms with Crippen LogP contribution in [0.25, 0.3) is 10.8 Å². The van der Waals surface area contributed by atoms with E-state index in [1.54, 1.807) is 32.9 Å². The normalized spacial score (nSPS) is 14.7. The van der Waals surface area contributed by atoms with Crippen LogP contribution >= 0.6 is 23.5 Å². The topological polar surface area (TPSA) is 72.8 Å². The highest BCUT2D eigenvalue weighted by Gasteiger charge is 2.54. The van der Waals surface area contributed by atoms with Crippen LogP contribution in [0.15, 0.2) is 34.8 Å². The Morgan fingerprint density at radius 3 is 2.39 bits per heavy atom. The van der Waals surface area contributed by atoms with E-state index in [4.69, 9.17) is 0 Å². The van der Waals surface area contributed by atoms with Crippen molar-refractivity contribution in [3.8, 4) is 0 Å². The number of hydrogen-bond donors (Lipinski definition) is 1. The molecule has 0 saturated carbocycles. The van der Waals surface area contributed by atoms with Crippen LogP contribution < -0.4 is 0 Å². The summed E-state index contributed by atoms with van der Waals surface area (Å²) in [6.07, 6.45) is 0.721. The monoisotopic (exact) mass is 478 g/mol. The fourth-order valence-electron chi connectivity index (χ4n) is 2.37. The van der Waals surface area contributed by atoms with Crippen molar-refractivity contribution >= 4 is 40.3 Å². The molecule has 154 valence electrons. The first kappa shape index (κ1) is 22.9. The van der Waals surface area contributed by atoms with Gasteiger partial charge in [-0.2, -0.15) is 8.78 Å². The molecule has 0 fully saturated rings. The summed E-state index contributed by atoms with van der Waals surface area (Å²) in [4.78, 5) is 21.5. The van der Waals surface area contributed by atoms with Crippen LogP contribution in [0.4, 0.5) is 8.78 Å². The van der Waals surface area contributed by atoms with E-state index in [-0.39, 0.29) is 4.47 Å². The highest BCUT2D eigenvalue weighted by Crippen LogP contribution is 2.64. The standard InChI is InChI=1S/C19H22BrF2O5P/c1-5-12-6-7-13-10-16(20)15(9-14(13)8-12)19(21,22)28(24,25)27-11-26-17(23)18(2,3)4/h6-10H,5,11H2,1-4H3,(H,24,25). The molecule has 0 spiro atoms. The lowest BCUT2D eigenvalue weighted by molar-refractivity contribution is -0.160. The number of hydrogen-bond acceptors (Lipinski definition) is 4. The van der Waals surface area contributed by atoms with Gasteiger partial charge in [-0.25, -0.2) is 0 Å². The van der Waals surface area contributed by atoms with Crippen molar-refractivity contribution in [1.82, 2.24) is 0 Å². The van der Waals surface area contributed by atoms with E-state index in [2.05, 4.69) is 25.2 Å². The molecular weight excluding hydrogens is 457 g/mol. The molecule has 1 unspecified atom stereocenters. The highest BCUT2D eigenvalue weighted by atomic mass is 79.9. The van der Waals surface area contributed by atoms with E-state index in [1.165, 1.54) is 6.07 Å². The summed E-state index contributed by atoms with van der Waals surface area (Å²) in [5.74, 6) is -0.741. The molecule has 2 rings (SSSR count). The number of halogens is 3. The maximum Gasteiger partial charge on any atom is 0.404 e. The Labute approximate surface area is 170 Å². The summed E-state index contributed by atoms with van der Waals surface area (Å²) in [6.45, 7) is 5.55. The third-order valence-corrected chi connectivity index (χ3v) is 6.17. The number of carbonyl (C=O) groups excluding carboxylic acids is 1. The molecule has 0 aromatic heterocycles. The Kier molecular flexibility index (Phi) is 6.71. The average molecular weight is 479 g/mol. The molecule has 9 heteroatoms. The van der Waals surface area contributed by atoms with E-state index in [9.17, 15) is 23.0 Å². The van der Waals surface area contributed by atoms with Gasteiger partial charge in [0.05, 0.1) is 5.41 Å². The first-order valence-corrected chi connectivity index (χ1v) is 10.9. The minimum Gasteiger partial charge on any atom is -0.438 e. The SMILES string of the molecule is CCc1ccc2cc(Br)c(C(F)(F)P(=O)(O)OCOC(=O)C(C)(C)C)cc2c1. The second kappa shape index (κ2) is 8.19. The zero-order valence-corrected chi connectivity index (χ0v) is 18.4. The van der Waals surface area contributed by atoms with E-state index in [1.807, 2.05) is 13.0 Å². The molecular formula is C19H22BrF2O5P. The van der Waals surface area contributed by atoms with E-state index in [0.29, 0.717) is 10.8 Å². The maximum atomic E-state index is 14.9. The van der Waals surface area contributed by atoms with Crippen molar-refractivity contribution in [2.24, 2.45) is 5.41 Å². The molecule has 0 bridgehead atoms. The average Bonchev–Trinajstić information content (AvgIpc) is 2.59. The van der Waals surface area contributed by atoms with Crippen molar-refractivity contribution in [1.29, 1.82) is 0 Å². The van der Waals surface area contributed by atoms with Gasteiger partial charge in [0, 0.05) is 10.0 Å². The fraction of sp³-hybridized carbons (Fsp3) is 0.421. The molecule has 0 aliphatic rings. The van der Waals surface area contributed by atoms with E-state index in [0.717, 1.165) is 18.1 Å². The summed E-state index contributed by atoms with van der Waals surface area (Å²) in [5.41, 5.74) is -4.84. The number of benzene rings is 2. The summed E-state index contributed by atoms with van der Waals surface area (Å²) >= 11 is 3.05. The minimum atomic E-state index is -5.49. The molecule has 2 aromatic rings. The van der Waals surface area contributed by atoms with Gasteiger partial charge in [0.25, 0.3) is 0 Å². The fourth-order valence-corrected chi connectivity index (χ4v) is 3.98. The van der Waals surface area contributed by atoms with Crippen LogP contribution in [-0.2, 0) is 30.7 Å². The third kappa shape index (κ3) is 4.79. The van der Waals surface area contributed by atoms with Gasteiger partial charge >= 0.3 is 19.2 Å². The molecule has 1 N–H and O–H groups in total. The molecule has 0 saturated heterocycles. The Morgan fingerprint density at radius 2 is 1.82 bits per heavy atom. The number of esters is 1. The Morgan fingerprint density at radius 1 is 1.18 bits per heavy atom. The summed E-state index contributed by atoms with van der Waals surface area (Å²) in [5, 5.41) is 1.22. The van der Waals surface area contributed by atoms with Gasteiger partial charge in [0.1, 0.15) is 0 Å². The zero-order chi connectivity index (χ0) is 21.3. The summed E-state index contributed by atoms with van der Waals surface area (Å²) in [7, 11) is -5.49. The van der Waals surface area contributed by atoms with Crippen LogP contribution in [0.5, 0.6) is 0 Å². The van der Waals surface area contributed by atoms with Crippen LogP contribution in [0, 0.1) is 5.41 Å². The smallest absolute Gasteiger partial charge is 0.404 e. The number of rotatable bonds is 6. The molecule has 0 aliphatic carbocycles. The van der Waals surface area contributed by atoms with Crippen molar-refractivity contribution in [3.05, 3.63) is 45.9 Å². The Hall–Kier alpha value is -1.34. The van der Waals surface area contributed by atoms with Crippen LogP contribution in [-0.4, -0.2) is 17.7 Å². The molecule has 0 heterocycles. The minimum absolute atomic E-state index is 0.0289. The first-order chi connectivity index (χ1) is 12.8. The molecule has 2 aromatic carbocycles. The largest absolute Gasteiger partial charge is 0.438 e. The number of ether oxygens (including phenoxy) is 1. The number of fused-ring (bicyclic) bond motifs is 1. The van der Waals surface area contributed by atoms with Gasteiger partial charge in [0.2, 0.25) is 6.79 Å². The maximum absolute atomic E-state index is 14.9. The molecule has 0 aliphatic heterocycles. The highest BCUT2D eigenvalue weighted by molar-refractivity contribution is 9.10. The molecule has 5 nitrogen and oxygen atoms in total. The predicted octanol–water partition coefficient (Wildman–Crippen LogP) is 5.96. The van der Waals surface area contributed by atoms with E-state index >= 15 is 0 Å². The second-order valence-corrected chi connectivity index (χ2v) is 10.1. The lowest BCUT2D eigenvalue weighted by Crippen LogP contribution is -2.25. The molecule has 28 heavy (non-hydrogen) atoms. The molecule has 1 atom stereocenters. The third-order valence-electron chi connectivity index (χ3n) is 4.11. The molecule has 0 radical (unpaired) electrons. The lowest BCUT2D eigenvalue weighted by atomic mass is 9.98. The van der Waals surface area contributed by atoms with Crippen LogP contribution in [0.2, 0.25) is 0 Å². The van der Waals surface area contributed by atoms with Gasteiger partial charge in [0.15, 0.2) is 0 Å².